The standard InChI is InChI=1S/C13H9BrFNO/c1-8-2-4-11(15)10(6-8)13(17)12-5-3-9(14)7-16-12/h2-7H,1H3. The molecule has 0 aliphatic rings. The molecule has 0 spiro atoms. The summed E-state index contributed by atoms with van der Waals surface area (Å²) in [6, 6.07) is 7.71. The molecule has 0 saturated carbocycles. The van der Waals surface area contributed by atoms with Gasteiger partial charge in [0.25, 0.3) is 0 Å². The van der Waals surface area contributed by atoms with Crippen LogP contribution in [0.2, 0.25) is 0 Å². The first-order chi connectivity index (χ1) is 8.08. The SMILES string of the molecule is Cc1ccc(F)c(C(=O)c2ccc(Br)cn2)c1. The van der Waals surface area contributed by atoms with E-state index >= 15 is 0 Å². The Kier molecular flexibility index (Phi) is 3.33. The van der Waals surface area contributed by atoms with E-state index in [1.54, 1.807) is 18.2 Å². The maximum Gasteiger partial charge on any atom is 0.214 e. The van der Waals surface area contributed by atoms with Crippen molar-refractivity contribution in [1.82, 2.24) is 4.98 Å². The van der Waals surface area contributed by atoms with Crippen molar-refractivity contribution in [2.75, 3.05) is 0 Å². The predicted molar refractivity (Wildman–Crippen MR) is 66.5 cm³/mol. The van der Waals surface area contributed by atoms with Crippen LogP contribution in [0, 0.1) is 12.7 Å². The number of carbonyl (C=O) groups excluding carboxylic acids is 1. The molecule has 0 N–H and O–H groups in total. The van der Waals surface area contributed by atoms with E-state index in [0.717, 1.165) is 10.0 Å². The Bertz CT molecular complexity index is 566. The maximum atomic E-state index is 13.5. The summed E-state index contributed by atoms with van der Waals surface area (Å²) in [7, 11) is 0. The fraction of sp³-hybridized carbons (Fsp3) is 0.0769. The lowest BCUT2D eigenvalue weighted by molar-refractivity contribution is 0.103. The van der Waals surface area contributed by atoms with Crippen LogP contribution < -0.4 is 0 Å². The van der Waals surface area contributed by atoms with Gasteiger partial charge in [-0.3, -0.25) is 9.78 Å². The molecule has 2 rings (SSSR count). The summed E-state index contributed by atoms with van der Waals surface area (Å²) >= 11 is 3.23. The summed E-state index contributed by atoms with van der Waals surface area (Å²) in [5.74, 6) is -0.927. The first kappa shape index (κ1) is 11.9. The first-order valence-electron chi connectivity index (χ1n) is 5.00. The zero-order valence-electron chi connectivity index (χ0n) is 9.08. The van der Waals surface area contributed by atoms with Crippen molar-refractivity contribution >= 4 is 21.7 Å². The summed E-state index contributed by atoms with van der Waals surface area (Å²) < 4.78 is 14.3. The second-order valence-electron chi connectivity index (χ2n) is 3.67. The second kappa shape index (κ2) is 4.75. The number of aromatic nitrogens is 1. The number of hydrogen-bond donors (Lipinski definition) is 0. The highest BCUT2D eigenvalue weighted by atomic mass is 79.9. The van der Waals surface area contributed by atoms with Crippen molar-refractivity contribution in [3.8, 4) is 0 Å². The van der Waals surface area contributed by atoms with Crippen LogP contribution in [0.1, 0.15) is 21.6 Å². The van der Waals surface area contributed by atoms with Gasteiger partial charge in [-0.25, -0.2) is 4.39 Å². The van der Waals surface area contributed by atoms with Crippen molar-refractivity contribution in [3.63, 3.8) is 0 Å². The molecule has 17 heavy (non-hydrogen) atoms. The summed E-state index contributed by atoms with van der Waals surface area (Å²) in [5.41, 5.74) is 1.13. The third-order valence-corrected chi connectivity index (χ3v) is 2.80. The van der Waals surface area contributed by atoms with E-state index in [4.69, 9.17) is 0 Å². The van der Waals surface area contributed by atoms with Crippen LogP contribution in [0.25, 0.3) is 0 Å². The number of benzene rings is 1. The molecule has 1 aromatic carbocycles. The number of nitrogens with zero attached hydrogens (tertiary/aromatic N) is 1. The van der Waals surface area contributed by atoms with Crippen molar-refractivity contribution in [2.24, 2.45) is 0 Å². The Labute approximate surface area is 107 Å². The molecule has 2 nitrogen and oxygen atoms in total. The van der Waals surface area contributed by atoms with Gasteiger partial charge in [-0.1, -0.05) is 11.6 Å². The number of hydrogen-bond acceptors (Lipinski definition) is 2. The van der Waals surface area contributed by atoms with Gasteiger partial charge < -0.3 is 0 Å². The highest BCUT2D eigenvalue weighted by Crippen LogP contribution is 2.15. The molecule has 1 heterocycles. The molecule has 0 atom stereocenters. The van der Waals surface area contributed by atoms with Crippen LogP contribution in [-0.4, -0.2) is 10.8 Å². The molecule has 0 bridgehead atoms. The van der Waals surface area contributed by atoms with Gasteiger partial charge in [0.15, 0.2) is 0 Å². The smallest absolute Gasteiger partial charge is 0.214 e. The minimum absolute atomic E-state index is 0.0554. The predicted octanol–water partition coefficient (Wildman–Crippen LogP) is 3.52. The number of rotatable bonds is 2. The van der Waals surface area contributed by atoms with E-state index in [9.17, 15) is 9.18 Å². The molecule has 4 heteroatoms. The Morgan fingerprint density at radius 2 is 2.06 bits per heavy atom. The molecule has 0 unspecified atom stereocenters. The van der Waals surface area contributed by atoms with Crippen LogP contribution in [0.3, 0.4) is 0 Å². The molecule has 0 aliphatic carbocycles. The number of pyridine rings is 1. The summed E-state index contributed by atoms with van der Waals surface area (Å²) in [6.07, 6.45) is 1.51. The largest absolute Gasteiger partial charge is 0.287 e. The minimum Gasteiger partial charge on any atom is -0.287 e. The third kappa shape index (κ3) is 2.58. The van der Waals surface area contributed by atoms with Gasteiger partial charge in [-0.05, 0) is 47.1 Å². The fourth-order valence-corrected chi connectivity index (χ4v) is 1.70. The zero-order chi connectivity index (χ0) is 12.4. The van der Waals surface area contributed by atoms with Crippen LogP contribution in [0.5, 0.6) is 0 Å². The molecular formula is C13H9BrFNO. The second-order valence-corrected chi connectivity index (χ2v) is 4.59. The average molecular weight is 294 g/mol. The number of carbonyl (C=O) groups is 1. The lowest BCUT2D eigenvalue weighted by Crippen LogP contribution is -2.06. The Balaban J connectivity index is 2.43. The molecule has 1 aromatic heterocycles. The Morgan fingerprint density at radius 1 is 1.29 bits per heavy atom. The average Bonchev–Trinajstić information content (AvgIpc) is 2.32. The van der Waals surface area contributed by atoms with Crippen LogP contribution >= 0.6 is 15.9 Å². The van der Waals surface area contributed by atoms with E-state index in [0.29, 0.717) is 0 Å². The van der Waals surface area contributed by atoms with Gasteiger partial charge >= 0.3 is 0 Å². The zero-order valence-corrected chi connectivity index (χ0v) is 10.7. The molecule has 2 aromatic rings. The lowest BCUT2D eigenvalue weighted by Gasteiger charge is -2.03. The number of halogens is 2. The van der Waals surface area contributed by atoms with E-state index in [2.05, 4.69) is 20.9 Å². The van der Waals surface area contributed by atoms with Gasteiger partial charge in [-0.2, -0.15) is 0 Å². The van der Waals surface area contributed by atoms with Crippen molar-refractivity contribution in [2.45, 2.75) is 6.92 Å². The highest BCUT2D eigenvalue weighted by molar-refractivity contribution is 9.10. The van der Waals surface area contributed by atoms with E-state index in [1.807, 2.05) is 6.92 Å². The molecule has 0 radical (unpaired) electrons. The van der Waals surface area contributed by atoms with Crippen LogP contribution in [-0.2, 0) is 0 Å². The van der Waals surface area contributed by atoms with Gasteiger partial charge in [0.05, 0.1) is 5.56 Å². The maximum absolute atomic E-state index is 13.5. The molecule has 86 valence electrons. The quantitative estimate of drug-likeness (QED) is 0.793. The summed E-state index contributed by atoms with van der Waals surface area (Å²) in [6.45, 7) is 1.81. The van der Waals surface area contributed by atoms with Crippen LogP contribution in [0.15, 0.2) is 41.0 Å². The van der Waals surface area contributed by atoms with Gasteiger partial charge in [0.2, 0.25) is 5.78 Å². The first-order valence-corrected chi connectivity index (χ1v) is 5.79. The topological polar surface area (TPSA) is 30.0 Å². The molecule has 0 amide bonds. The van der Waals surface area contributed by atoms with Crippen molar-refractivity contribution in [1.29, 1.82) is 0 Å². The number of aryl methyl sites for hydroxylation is 1. The molecule has 0 fully saturated rings. The van der Waals surface area contributed by atoms with Crippen molar-refractivity contribution in [3.05, 3.63) is 63.6 Å². The van der Waals surface area contributed by atoms with E-state index in [1.165, 1.54) is 18.3 Å². The Morgan fingerprint density at radius 3 is 2.71 bits per heavy atom. The fourth-order valence-electron chi connectivity index (χ4n) is 1.46. The monoisotopic (exact) mass is 293 g/mol. The van der Waals surface area contributed by atoms with E-state index in [-0.39, 0.29) is 11.3 Å². The van der Waals surface area contributed by atoms with Crippen molar-refractivity contribution < 1.29 is 9.18 Å². The molecule has 0 saturated heterocycles. The van der Waals surface area contributed by atoms with E-state index < -0.39 is 11.6 Å². The number of ketones is 1. The van der Waals surface area contributed by atoms with Gasteiger partial charge in [0, 0.05) is 10.7 Å². The normalized spacial score (nSPS) is 10.3. The Hall–Kier alpha value is -1.55. The lowest BCUT2D eigenvalue weighted by atomic mass is 10.0. The minimum atomic E-state index is -0.523. The summed E-state index contributed by atoms with van der Waals surface area (Å²) in [5, 5.41) is 0. The molecular weight excluding hydrogens is 285 g/mol. The highest BCUT2D eigenvalue weighted by Gasteiger charge is 2.15. The summed E-state index contributed by atoms with van der Waals surface area (Å²) in [4.78, 5) is 16.0. The molecule has 0 aliphatic heterocycles. The van der Waals surface area contributed by atoms with Gasteiger partial charge in [0.1, 0.15) is 11.5 Å². The van der Waals surface area contributed by atoms with Gasteiger partial charge in [-0.15, -0.1) is 0 Å². The third-order valence-electron chi connectivity index (χ3n) is 2.33. The van der Waals surface area contributed by atoms with Crippen LogP contribution in [0.4, 0.5) is 4.39 Å².